The van der Waals surface area contributed by atoms with E-state index in [1.807, 2.05) is 11.0 Å². The molecule has 0 bridgehead atoms. The standard InChI is InChI=1S/C16H16N4O4/c17-9-11-8-12(20(23)24)3-4-13(11)19-7-6-16(10-19)5-1-2-14(21)18-15(16)22/h3-4,8H,1-2,5-7,10H2,(H,18,21,22). The number of nitrogens with one attached hydrogen (secondary N) is 1. The van der Waals surface area contributed by atoms with Crippen molar-refractivity contribution in [2.45, 2.75) is 25.7 Å². The van der Waals surface area contributed by atoms with Gasteiger partial charge in [-0.2, -0.15) is 5.26 Å². The van der Waals surface area contributed by atoms with Crippen molar-refractivity contribution in [2.75, 3.05) is 18.0 Å². The van der Waals surface area contributed by atoms with Gasteiger partial charge in [0.05, 0.1) is 21.6 Å². The van der Waals surface area contributed by atoms with Crippen LogP contribution in [0.4, 0.5) is 11.4 Å². The minimum Gasteiger partial charge on any atom is -0.369 e. The summed E-state index contributed by atoms with van der Waals surface area (Å²) in [6.45, 7) is 0.965. The Morgan fingerprint density at radius 2 is 2.12 bits per heavy atom. The molecule has 2 aliphatic heterocycles. The molecule has 0 aliphatic carbocycles. The van der Waals surface area contributed by atoms with Gasteiger partial charge >= 0.3 is 0 Å². The summed E-state index contributed by atoms with van der Waals surface area (Å²) in [5.41, 5.74) is 0.0254. The molecule has 1 atom stereocenters. The van der Waals surface area contributed by atoms with Crippen molar-refractivity contribution in [3.63, 3.8) is 0 Å². The van der Waals surface area contributed by atoms with E-state index >= 15 is 0 Å². The van der Waals surface area contributed by atoms with Crippen LogP contribution in [0, 0.1) is 26.9 Å². The molecule has 2 fully saturated rings. The van der Waals surface area contributed by atoms with Gasteiger partial charge in [-0.05, 0) is 25.3 Å². The lowest BCUT2D eigenvalue weighted by Crippen LogP contribution is -2.43. The molecule has 1 spiro atoms. The number of anilines is 1. The molecule has 24 heavy (non-hydrogen) atoms. The van der Waals surface area contributed by atoms with E-state index in [0.717, 1.165) is 0 Å². The fourth-order valence-electron chi connectivity index (χ4n) is 3.49. The minimum atomic E-state index is -0.638. The molecule has 124 valence electrons. The maximum absolute atomic E-state index is 12.4. The number of nitro groups is 1. The normalized spacial score (nSPS) is 23.7. The highest BCUT2D eigenvalue weighted by Crippen LogP contribution is 2.40. The zero-order chi connectivity index (χ0) is 17.3. The number of hydrogen-bond acceptors (Lipinski definition) is 6. The Morgan fingerprint density at radius 3 is 2.83 bits per heavy atom. The monoisotopic (exact) mass is 328 g/mol. The summed E-state index contributed by atoms with van der Waals surface area (Å²) in [5, 5.41) is 22.6. The molecule has 2 aliphatic rings. The van der Waals surface area contributed by atoms with Crippen LogP contribution in [0.25, 0.3) is 0 Å². The van der Waals surface area contributed by atoms with Crippen LogP contribution in [0.15, 0.2) is 18.2 Å². The van der Waals surface area contributed by atoms with Crippen molar-refractivity contribution in [3.05, 3.63) is 33.9 Å². The molecule has 1 aromatic carbocycles. The zero-order valence-electron chi connectivity index (χ0n) is 12.9. The largest absolute Gasteiger partial charge is 0.369 e. The van der Waals surface area contributed by atoms with E-state index in [1.165, 1.54) is 12.1 Å². The second-order valence-electron chi connectivity index (χ2n) is 6.25. The first kappa shape index (κ1) is 15.9. The molecule has 2 heterocycles. The molecule has 1 N–H and O–H groups in total. The Bertz CT molecular complexity index is 770. The molecule has 8 nitrogen and oxygen atoms in total. The van der Waals surface area contributed by atoms with E-state index < -0.39 is 10.3 Å². The third kappa shape index (κ3) is 2.69. The molecular formula is C16H16N4O4. The number of nitriles is 1. The summed E-state index contributed by atoms with van der Waals surface area (Å²) in [6, 6.07) is 6.15. The summed E-state index contributed by atoms with van der Waals surface area (Å²) >= 11 is 0. The number of imide groups is 1. The Hall–Kier alpha value is -2.95. The van der Waals surface area contributed by atoms with Crippen LogP contribution in [0.1, 0.15) is 31.2 Å². The highest BCUT2D eigenvalue weighted by atomic mass is 16.6. The molecule has 0 aromatic heterocycles. The van der Waals surface area contributed by atoms with Gasteiger partial charge in [-0.25, -0.2) is 0 Å². The molecule has 1 unspecified atom stereocenters. The molecule has 2 amide bonds. The van der Waals surface area contributed by atoms with Crippen LogP contribution in [0.3, 0.4) is 0 Å². The first-order valence-electron chi connectivity index (χ1n) is 7.73. The zero-order valence-corrected chi connectivity index (χ0v) is 12.9. The second kappa shape index (κ2) is 5.92. The van der Waals surface area contributed by atoms with Gasteiger partial charge in [0.1, 0.15) is 6.07 Å². The van der Waals surface area contributed by atoms with Crippen molar-refractivity contribution in [2.24, 2.45) is 5.41 Å². The van der Waals surface area contributed by atoms with E-state index in [-0.39, 0.29) is 23.1 Å². The molecule has 0 saturated carbocycles. The number of non-ortho nitro benzene ring substituents is 1. The van der Waals surface area contributed by atoms with Crippen molar-refractivity contribution >= 4 is 23.2 Å². The van der Waals surface area contributed by atoms with E-state index in [0.29, 0.717) is 44.5 Å². The lowest BCUT2D eigenvalue weighted by molar-refractivity contribution is -0.384. The number of nitro benzene ring substituents is 1. The molecule has 2 saturated heterocycles. The van der Waals surface area contributed by atoms with Gasteiger partial charge in [0.15, 0.2) is 0 Å². The lowest BCUT2D eigenvalue weighted by atomic mass is 9.82. The highest BCUT2D eigenvalue weighted by molar-refractivity contribution is 5.99. The number of benzene rings is 1. The van der Waals surface area contributed by atoms with E-state index in [9.17, 15) is 25.0 Å². The molecular weight excluding hydrogens is 312 g/mol. The SMILES string of the molecule is N#Cc1cc([N+](=O)[O-])ccc1N1CCC2(CCCC(=O)NC2=O)C1. The highest BCUT2D eigenvalue weighted by Gasteiger charge is 2.46. The summed E-state index contributed by atoms with van der Waals surface area (Å²) in [7, 11) is 0. The Balaban J connectivity index is 1.88. The number of hydrogen-bond donors (Lipinski definition) is 1. The molecule has 3 rings (SSSR count). The van der Waals surface area contributed by atoms with Crippen molar-refractivity contribution in [3.8, 4) is 6.07 Å². The van der Waals surface area contributed by atoms with Gasteiger partial charge < -0.3 is 4.90 Å². The van der Waals surface area contributed by atoms with Crippen molar-refractivity contribution in [1.29, 1.82) is 5.26 Å². The predicted octanol–water partition coefficient (Wildman–Crippen LogP) is 1.49. The average Bonchev–Trinajstić information content (AvgIpc) is 2.93. The Kier molecular flexibility index (Phi) is 3.93. The van der Waals surface area contributed by atoms with Gasteiger partial charge in [-0.15, -0.1) is 0 Å². The van der Waals surface area contributed by atoms with Crippen LogP contribution < -0.4 is 10.2 Å². The van der Waals surface area contributed by atoms with Gasteiger partial charge in [0.25, 0.3) is 5.69 Å². The predicted molar refractivity (Wildman–Crippen MR) is 84.1 cm³/mol. The molecule has 1 aromatic rings. The van der Waals surface area contributed by atoms with Crippen LogP contribution in [-0.4, -0.2) is 29.8 Å². The van der Waals surface area contributed by atoms with Gasteiger partial charge in [-0.1, -0.05) is 0 Å². The third-order valence-corrected chi connectivity index (χ3v) is 4.80. The number of carbonyl (C=O) groups excluding carboxylic acids is 2. The first-order valence-corrected chi connectivity index (χ1v) is 7.73. The maximum atomic E-state index is 12.4. The Labute approximate surface area is 138 Å². The van der Waals surface area contributed by atoms with Gasteiger partial charge in [-0.3, -0.25) is 25.0 Å². The molecule has 0 radical (unpaired) electrons. The van der Waals surface area contributed by atoms with Gasteiger partial charge in [0, 0.05) is 31.6 Å². The Morgan fingerprint density at radius 1 is 1.33 bits per heavy atom. The summed E-state index contributed by atoms with van der Waals surface area (Å²) < 4.78 is 0. The van der Waals surface area contributed by atoms with Crippen LogP contribution in [0.2, 0.25) is 0 Å². The number of carbonyl (C=O) groups is 2. The third-order valence-electron chi connectivity index (χ3n) is 4.80. The quantitative estimate of drug-likeness (QED) is 0.499. The smallest absolute Gasteiger partial charge is 0.270 e. The van der Waals surface area contributed by atoms with E-state index in [2.05, 4.69) is 5.32 Å². The average molecular weight is 328 g/mol. The van der Waals surface area contributed by atoms with Crippen molar-refractivity contribution in [1.82, 2.24) is 5.32 Å². The van der Waals surface area contributed by atoms with E-state index in [4.69, 9.17) is 0 Å². The number of nitrogens with zero attached hydrogens (tertiary/aromatic N) is 3. The van der Waals surface area contributed by atoms with Gasteiger partial charge in [0.2, 0.25) is 11.8 Å². The topological polar surface area (TPSA) is 116 Å². The summed E-state index contributed by atoms with van der Waals surface area (Å²) in [6.07, 6.45) is 2.20. The fourth-order valence-corrected chi connectivity index (χ4v) is 3.49. The van der Waals surface area contributed by atoms with Crippen LogP contribution in [-0.2, 0) is 9.59 Å². The second-order valence-corrected chi connectivity index (χ2v) is 6.25. The fraction of sp³-hybridized carbons (Fsp3) is 0.438. The first-order chi connectivity index (χ1) is 11.4. The maximum Gasteiger partial charge on any atom is 0.270 e. The van der Waals surface area contributed by atoms with E-state index in [1.54, 1.807) is 6.07 Å². The minimum absolute atomic E-state index is 0.137. The van der Waals surface area contributed by atoms with Crippen LogP contribution in [0.5, 0.6) is 0 Å². The van der Waals surface area contributed by atoms with Crippen LogP contribution >= 0.6 is 0 Å². The summed E-state index contributed by atoms with van der Waals surface area (Å²) in [5.74, 6) is -0.503. The van der Waals surface area contributed by atoms with Crippen molar-refractivity contribution < 1.29 is 14.5 Å². The molecule has 8 heteroatoms. The lowest BCUT2D eigenvalue weighted by Gasteiger charge is -2.26. The number of amides is 2. The summed E-state index contributed by atoms with van der Waals surface area (Å²) in [4.78, 5) is 36.2. The number of rotatable bonds is 2.